The van der Waals surface area contributed by atoms with Crippen molar-refractivity contribution >= 4 is 0 Å². The standard InChI is InChI=1S/C22H18N4O3/c1-13-19-20(15-7-8-17-18(9-15)28-12-27-17)16(10-23)21(24)29-22(19)26(25-13)11-14-5-3-2-4-6-14/h2-9,20H,11-12,24H2,1H3/t20-/m0/s1. The van der Waals surface area contributed by atoms with Gasteiger partial charge in [0.15, 0.2) is 11.5 Å². The number of nitriles is 1. The van der Waals surface area contributed by atoms with Crippen LogP contribution in [0.4, 0.5) is 0 Å². The van der Waals surface area contributed by atoms with E-state index in [1.807, 2.05) is 55.5 Å². The summed E-state index contributed by atoms with van der Waals surface area (Å²) in [5.74, 6) is 1.61. The van der Waals surface area contributed by atoms with Crippen LogP contribution in [-0.2, 0) is 6.54 Å². The van der Waals surface area contributed by atoms with Crippen molar-refractivity contribution in [3.8, 4) is 23.4 Å². The van der Waals surface area contributed by atoms with Crippen molar-refractivity contribution in [3.63, 3.8) is 0 Å². The van der Waals surface area contributed by atoms with Crippen molar-refractivity contribution in [1.82, 2.24) is 9.78 Å². The van der Waals surface area contributed by atoms with Gasteiger partial charge in [0.25, 0.3) is 0 Å². The number of hydrogen-bond acceptors (Lipinski definition) is 6. The zero-order valence-corrected chi connectivity index (χ0v) is 15.8. The second-order valence-corrected chi connectivity index (χ2v) is 6.98. The Morgan fingerprint density at radius 2 is 1.97 bits per heavy atom. The highest BCUT2D eigenvalue weighted by atomic mass is 16.7. The molecule has 7 heteroatoms. The van der Waals surface area contributed by atoms with Crippen LogP contribution in [0.2, 0.25) is 0 Å². The van der Waals surface area contributed by atoms with Gasteiger partial charge in [-0.15, -0.1) is 0 Å². The Kier molecular flexibility index (Phi) is 3.91. The van der Waals surface area contributed by atoms with Crippen molar-refractivity contribution in [2.45, 2.75) is 19.4 Å². The zero-order valence-electron chi connectivity index (χ0n) is 15.8. The van der Waals surface area contributed by atoms with E-state index in [-0.39, 0.29) is 18.6 Å². The summed E-state index contributed by atoms with van der Waals surface area (Å²) in [6, 6.07) is 17.9. The predicted octanol–water partition coefficient (Wildman–Crippen LogP) is 3.19. The molecule has 2 N–H and O–H groups in total. The molecule has 0 saturated heterocycles. The quantitative estimate of drug-likeness (QED) is 0.743. The third-order valence-corrected chi connectivity index (χ3v) is 5.20. The molecule has 3 heterocycles. The van der Waals surface area contributed by atoms with Crippen LogP contribution in [0.25, 0.3) is 0 Å². The molecule has 5 rings (SSSR count). The molecule has 2 aliphatic rings. The maximum absolute atomic E-state index is 9.79. The second-order valence-electron chi connectivity index (χ2n) is 6.98. The minimum atomic E-state index is -0.386. The Labute approximate surface area is 167 Å². The highest BCUT2D eigenvalue weighted by molar-refractivity contribution is 5.58. The number of ether oxygens (including phenoxy) is 3. The number of aryl methyl sites for hydroxylation is 1. The normalized spacial score (nSPS) is 16.9. The molecule has 29 heavy (non-hydrogen) atoms. The molecule has 144 valence electrons. The Hall–Kier alpha value is -3.92. The van der Waals surface area contributed by atoms with Crippen molar-refractivity contribution < 1.29 is 14.2 Å². The number of fused-ring (bicyclic) bond motifs is 2. The fraction of sp³-hybridized carbons (Fsp3) is 0.182. The Morgan fingerprint density at radius 1 is 1.17 bits per heavy atom. The Bertz CT molecular complexity index is 1170. The molecule has 0 unspecified atom stereocenters. The van der Waals surface area contributed by atoms with Gasteiger partial charge in [-0.2, -0.15) is 10.4 Å². The summed E-state index contributed by atoms with van der Waals surface area (Å²) in [6.07, 6.45) is 0. The molecule has 0 radical (unpaired) electrons. The maximum atomic E-state index is 9.79. The molecular formula is C22H18N4O3. The van der Waals surface area contributed by atoms with E-state index in [1.165, 1.54) is 0 Å². The van der Waals surface area contributed by atoms with Gasteiger partial charge in [-0.05, 0) is 30.2 Å². The van der Waals surface area contributed by atoms with Gasteiger partial charge in [0, 0.05) is 0 Å². The van der Waals surface area contributed by atoms with Gasteiger partial charge in [0.05, 0.1) is 23.7 Å². The monoisotopic (exact) mass is 386 g/mol. The van der Waals surface area contributed by atoms with E-state index < -0.39 is 0 Å². The molecule has 3 aromatic rings. The summed E-state index contributed by atoms with van der Waals surface area (Å²) < 4.78 is 18.6. The van der Waals surface area contributed by atoms with E-state index >= 15 is 0 Å². The first-order chi connectivity index (χ1) is 14.2. The van der Waals surface area contributed by atoms with E-state index in [2.05, 4.69) is 11.2 Å². The van der Waals surface area contributed by atoms with E-state index in [9.17, 15) is 5.26 Å². The van der Waals surface area contributed by atoms with Gasteiger partial charge in [-0.25, -0.2) is 4.68 Å². The van der Waals surface area contributed by atoms with Crippen LogP contribution in [0.15, 0.2) is 60.0 Å². The highest BCUT2D eigenvalue weighted by Crippen LogP contribution is 2.46. The molecule has 2 aromatic carbocycles. The highest BCUT2D eigenvalue weighted by Gasteiger charge is 2.36. The number of benzene rings is 2. The SMILES string of the molecule is Cc1nn(Cc2ccccc2)c2c1[C@@H](c1ccc3c(c1)OCO3)C(C#N)=C(N)O2. The fourth-order valence-electron chi connectivity index (χ4n) is 3.87. The second kappa shape index (κ2) is 6.60. The third kappa shape index (κ3) is 2.77. The minimum absolute atomic E-state index is 0.0943. The van der Waals surface area contributed by atoms with Gasteiger partial charge in [0.2, 0.25) is 18.6 Å². The van der Waals surface area contributed by atoms with E-state index in [0.29, 0.717) is 29.5 Å². The van der Waals surface area contributed by atoms with Crippen LogP contribution >= 0.6 is 0 Å². The molecule has 1 aromatic heterocycles. The summed E-state index contributed by atoms with van der Waals surface area (Å²) in [5.41, 5.74) is 10.1. The molecule has 0 fully saturated rings. The number of nitrogens with zero attached hydrogens (tertiary/aromatic N) is 3. The smallest absolute Gasteiger partial charge is 0.231 e. The van der Waals surface area contributed by atoms with Gasteiger partial charge in [-0.1, -0.05) is 36.4 Å². The number of hydrogen-bond donors (Lipinski definition) is 1. The Morgan fingerprint density at radius 3 is 2.76 bits per heavy atom. The van der Waals surface area contributed by atoms with Crippen molar-refractivity contribution in [1.29, 1.82) is 5.26 Å². The summed E-state index contributed by atoms with van der Waals surface area (Å²) >= 11 is 0. The first-order valence-electron chi connectivity index (χ1n) is 9.24. The predicted molar refractivity (Wildman–Crippen MR) is 104 cm³/mol. The number of rotatable bonds is 3. The lowest BCUT2D eigenvalue weighted by atomic mass is 9.84. The maximum Gasteiger partial charge on any atom is 0.231 e. The van der Waals surface area contributed by atoms with Gasteiger partial charge >= 0.3 is 0 Å². The summed E-state index contributed by atoms with van der Waals surface area (Å²) in [6.45, 7) is 2.65. The zero-order chi connectivity index (χ0) is 20.0. The molecule has 1 atom stereocenters. The average molecular weight is 386 g/mol. The van der Waals surface area contributed by atoms with E-state index in [4.69, 9.17) is 19.9 Å². The first-order valence-corrected chi connectivity index (χ1v) is 9.24. The largest absolute Gasteiger partial charge is 0.454 e. The topological polar surface area (TPSA) is 95.3 Å². The lowest BCUT2D eigenvalue weighted by Gasteiger charge is -2.25. The summed E-state index contributed by atoms with van der Waals surface area (Å²) in [5, 5.41) is 14.5. The third-order valence-electron chi connectivity index (χ3n) is 5.20. The van der Waals surface area contributed by atoms with Crippen LogP contribution < -0.4 is 19.9 Å². The van der Waals surface area contributed by atoms with Gasteiger partial charge < -0.3 is 19.9 Å². The summed E-state index contributed by atoms with van der Waals surface area (Å²) in [4.78, 5) is 0. The molecule has 0 spiro atoms. The van der Waals surface area contributed by atoms with Crippen LogP contribution in [0.3, 0.4) is 0 Å². The Balaban J connectivity index is 1.64. The van der Waals surface area contributed by atoms with Crippen LogP contribution in [-0.4, -0.2) is 16.6 Å². The molecule has 0 saturated carbocycles. The number of allylic oxidation sites excluding steroid dienone is 1. The molecule has 0 bridgehead atoms. The first kappa shape index (κ1) is 17.2. The average Bonchev–Trinajstić information content (AvgIpc) is 3.32. The molecular weight excluding hydrogens is 368 g/mol. The van der Waals surface area contributed by atoms with Crippen LogP contribution in [0, 0.1) is 18.3 Å². The van der Waals surface area contributed by atoms with E-state index in [1.54, 1.807) is 4.68 Å². The molecule has 0 amide bonds. The molecule has 0 aliphatic carbocycles. The molecule has 2 aliphatic heterocycles. The van der Waals surface area contributed by atoms with Gasteiger partial charge in [-0.3, -0.25) is 0 Å². The fourth-order valence-corrected chi connectivity index (χ4v) is 3.87. The number of aromatic nitrogens is 2. The van der Waals surface area contributed by atoms with Crippen molar-refractivity contribution in [2.24, 2.45) is 5.73 Å². The lowest BCUT2D eigenvalue weighted by Crippen LogP contribution is -2.22. The lowest BCUT2D eigenvalue weighted by molar-refractivity contribution is 0.174. The van der Waals surface area contributed by atoms with Crippen LogP contribution in [0.5, 0.6) is 17.4 Å². The van der Waals surface area contributed by atoms with Crippen LogP contribution in [0.1, 0.15) is 28.3 Å². The van der Waals surface area contributed by atoms with Gasteiger partial charge in [0.1, 0.15) is 11.6 Å². The van der Waals surface area contributed by atoms with E-state index in [0.717, 1.165) is 22.4 Å². The van der Waals surface area contributed by atoms with Crippen molar-refractivity contribution in [2.75, 3.05) is 6.79 Å². The van der Waals surface area contributed by atoms with Crippen molar-refractivity contribution in [3.05, 3.63) is 82.4 Å². The summed E-state index contributed by atoms with van der Waals surface area (Å²) in [7, 11) is 0. The minimum Gasteiger partial charge on any atom is -0.454 e. The molecule has 7 nitrogen and oxygen atoms in total. The number of nitrogens with two attached hydrogens (primary N) is 1.